The molecular weight excluding hydrogens is 150 g/mol. The number of rotatable bonds is 4. The van der Waals surface area contributed by atoms with E-state index in [0.717, 1.165) is 31.9 Å². The third kappa shape index (κ3) is 2.50. The summed E-state index contributed by atoms with van der Waals surface area (Å²) in [5.74, 6) is 1.60. The Labute approximate surface area is 75.0 Å². The fourth-order valence-electron chi connectivity index (χ4n) is 1.57. The Morgan fingerprint density at radius 1 is 1.50 bits per heavy atom. The predicted molar refractivity (Wildman–Crippen MR) is 51.6 cm³/mol. The van der Waals surface area contributed by atoms with Gasteiger partial charge in [-0.15, -0.1) is 0 Å². The molecule has 0 spiro atoms. The molecule has 1 rings (SSSR count). The minimum Gasteiger partial charge on any atom is -0.481 e. The fraction of sp³-hybridized carbons (Fsp3) is 0.900. The van der Waals surface area contributed by atoms with E-state index in [1.165, 1.54) is 12.8 Å². The number of hydrogen-bond acceptors (Lipinski definition) is 2. The summed E-state index contributed by atoms with van der Waals surface area (Å²) in [7, 11) is 0. The lowest BCUT2D eigenvalue weighted by Crippen LogP contribution is -2.22. The van der Waals surface area contributed by atoms with Crippen LogP contribution in [-0.2, 0) is 4.74 Å². The van der Waals surface area contributed by atoms with Gasteiger partial charge in [-0.25, -0.2) is 0 Å². The predicted octanol–water partition coefficient (Wildman–Crippen LogP) is 2.63. The van der Waals surface area contributed by atoms with E-state index >= 15 is 0 Å². The van der Waals surface area contributed by atoms with Gasteiger partial charge in [0.2, 0.25) is 0 Å². The third-order valence-electron chi connectivity index (χ3n) is 2.30. The molecule has 0 saturated heterocycles. The molecule has 0 aromatic carbocycles. The molecule has 0 aromatic rings. The Morgan fingerprint density at radius 2 is 2.33 bits per heavy atom. The molecule has 1 unspecified atom stereocenters. The van der Waals surface area contributed by atoms with Crippen LogP contribution in [-0.4, -0.2) is 19.0 Å². The van der Waals surface area contributed by atoms with E-state index in [-0.39, 0.29) is 0 Å². The molecule has 0 amide bonds. The van der Waals surface area contributed by atoms with E-state index in [2.05, 4.69) is 18.8 Å². The zero-order valence-corrected chi connectivity index (χ0v) is 8.18. The summed E-state index contributed by atoms with van der Waals surface area (Å²) in [4.78, 5) is 4.41. The number of ether oxygens (including phenoxy) is 1. The second-order valence-corrected chi connectivity index (χ2v) is 3.32. The largest absolute Gasteiger partial charge is 0.481 e. The Bertz CT molecular complexity index is 154. The third-order valence-corrected chi connectivity index (χ3v) is 2.30. The van der Waals surface area contributed by atoms with E-state index in [1.54, 1.807) is 0 Å². The van der Waals surface area contributed by atoms with Crippen LogP contribution in [0.2, 0.25) is 0 Å². The van der Waals surface area contributed by atoms with Crippen molar-refractivity contribution < 1.29 is 4.74 Å². The molecule has 0 aliphatic carbocycles. The second-order valence-electron chi connectivity index (χ2n) is 3.32. The summed E-state index contributed by atoms with van der Waals surface area (Å²) in [5.41, 5.74) is 0. The van der Waals surface area contributed by atoms with Crippen LogP contribution in [0.4, 0.5) is 0 Å². The molecule has 0 aromatic heterocycles. The summed E-state index contributed by atoms with van der Waals surface area (Å²) in [5, 5.41) is 0. The summed E-state index contributed by atoms with van der Waals surface area (Å²) < 4.78 is 5.53. The minimum absolute atomic E-state index is 0.579. The van der Waals surface area contributed by atoms with Crippen molar-refractivity contribution in [2.75, 3.05) is 13.2 Å². The first kappa shape index (κ1) is 9.56. The van der Waals surface area contributed by atoms with Crippen molar-refractivity contribution in [2.45, 2.75) is 39.5 Å². The van der Waals surface area contributed by atoms with Crippen molar-refractivity contribution in [2.24, 2.45) is 10.9 Å². The summed E-state index contributed by atoms with van der Waals surface area (Å²) in [6, 6.07) is 0. The summed E-state index contributed by atoms with van der Waals surface area (Å²) in [6.45, 7) is 6.27. The van der Waals surface area contributed by atoms with Gasteiger partial charge in [-0.3, -0.25) is 4.99 Å². The van der Waals surface area contributed by atoms with Crippen LogP contribution in [0.3, 0.4) is 0 Å². The highest BCUT2D eigenvalue weighted by atomic mass is 16.5. The van der Waals surface area contributed by atoms with Crippen molar-refractivity contribution in [1.29, 1.82) is 0 Å². The first-order valence-electron chi connectivity index (χ1n) is 5.05. The van der Waals surface area contributed by atoms with Crippen molar-refractivity contribution in [3.05, 3.63) is 0 Å². The maximum Gasteiger partial charge on any atom is 0.186 e. The number of aliphatic imine (C=N–C) groups is 1. The van der Waals surface area contributed by atoms with Gasteiger partial charge in [0.05, 0.1) is 6.61 Å². The van der Waals surface area contributed by atoms with E-state index in [0.29, 0.717) is 5.92 Å². The SMILES string of the molecule is CCCC(CC)C1=NCCCO1. The van der Waals surface area contributed by atoms with E-state index in [9.17, 15) is 0 Å². The van der Waals surface area contributed by atoms with Gasteiger partial charge in [-0.2, -0.15) is 0 Å². The first-order valence-corrected chi connectivity index (χ1v) is 5.05. The van der Waals surface area contributed by atoms with Crippen molar-refractivity contribution in [3.8, 4) is 0 Å². The Kier molecular flexibility index (Phi) is 4.12. The maximum atomic E-state index is 5.53. The molecule has 0 fully saturated rings. The molecule has 1 heterocycles. The van der Waals surface area contributed by atoms with Gasteiger partial charge in [-0.1, -0.05) is 20.3 Å². The van der Waals surface area contributed by atoms with Gasteiger partial charge in [0.1, 0.15) is 0 Å². The van der Waals surface area contributed by atoms with Crippen molar-refractivity contribution in [3.63, 3.8) is 0 Å². The lowest BCUT2D eigenvalue weighted by atomic mass is 10.0. The minimum atomic E-state index is 0.579. The highest BCUT2D eigenvalue weighted by molar-refractivity contribution is 5.79. The molecule has 0 N–H and O–H groups in total. The molecule has 70 valence electrons. The average molecular weight is 169 g/mol. The van der Waals surface area contributed by atoms with Crippen molar-refractivity contribution >= 4 is 5.90 Å². The van der Waals surface area contributed by atoms with E-state index in [4.69, 9.17) is 4.74 Å². The summed E-state index contributed by atoms with van der Waals surface area (Å²) in [6.07, 6.45) is 4.69. The zero-order chi connectivity index (χ0) is 8.81. The Balaban J connectivity index is 2.45. The van der Waals surface area contributed by atoms with Crippen LogP contribution in [0.25, 0.3) is 0 Å². The normalized spacial score (nSPS) is 19.7. The standard InChI is InChI=1S/C10H19NO/c1-3-6-9(4-2)10-11-7-5-8-12-10/h9H,3-8H2,1-2H3. The van der Waals surface area contributed by atoms with Gasteiger partial charge in [0.15, 0.2) is 5.90 Å². The van der Waals surface area contributed by atoms with Gasteiger partial charge in [-0.05, 0) is 12.8 Å². The summed E-state index contributed by atoms with van der Waals surface area (Å²) >= 11 is 0. The lowest BCUT2D eigenvalue weighted by molar-refractivity contribution is 0.254. The molecule has 1 aliphatic heterocycles. The van der Waals surface area contributed by atoms with Crippen LogP contribution < -0.4 is 0 Å². The first-order chi connectivity index (χ1) is 5.88. The van der Waals surface area contributed by atoms with Crippen LogP contribution in [0.15, 0.2) is 4.99 Å². The van der Waals surface area contributed by atoms with Crippen molar-refractivity contribution in [1.82, 2.24) is 0 Å². The van der Waals surface area contributed by atoms with Gasteiger partial charge in [0.25, 0.3) is 0 Å². The van der Waals surface area contributed by atoms with E-state index < -0.39 is 0 Å². The van der Waals surface area contributed by atoms with E-state index in [1.807, 2.05) is 0 Å². The van der Waals surface area contributed by atoms with Crippen LogP contribution in [0.5, 0.6) is 0 Å². The number of nitrogens with zero attached hydrogens (tertiary/aromatic N) is 1. The van der Waals surface area contributed by atoms with Crippen LogP contribution in [0, 0.1) is 5.92 Å². The molecule has 2 nitrogen and oxygen atoms in total. The van der Waals surface area contributed by atoms with Gasteiger partial charge in [0, 0.05) is 18.9 Å². The molecule has 12 heavy (non-hydrogen) atoms. The van der Waals surface area contributed by atoms with Crippen LogP contribution in [0.1, 0.15) is 39.5 Å². The second kappa shape index (κ2) is 5.18. The van der Waals surface area contributed by atoms with Gasteiger partial charge < -0.3 is 4.74 Å². The topological polar surface area (TPSA) is 21.6 Å². The molecule has 0 bridgehead atoms. The molecule has 1 aliphatic rings. The Hall–Kier alpha value is -0.530. The zero-order valence-electron chi connectivity index (χ0n) is 8.18. The maximum absolute atomic E-state index is 5.53. The van der Waals surface area contributed by atoms with Crippen LogP contribution >= 0.6 is 0 Å². The molecule has 0 saturated carbocycles. The highest BCUT2D eigenvalue weighted by Crippen LogP contribution is 2.16. The fourth-order valence-corrected chi connectivity index (χ4v) is 1.57. The molecular formula is C10H19NO. The highest BCUT2D eigenvalue weighted by Gasteiger charge is 2.16. The quantitative estimate of drug-likeness (QED) is 0.634. The van der Waals surface area contributed by atoms with Gasteiger partial charge >= 0.3 is 0 Å². The molecule has 0 radical (unpaired) electrons. The smallest absolute Gasteiger partial charge is 0.186 e. The molecule has 1 atom stereocenters. The number of hydrogen-bond donors (Lipinski definition) is 0. The molecule has 2 heteroatoms. The average Bonchev–Trinajstić information content (AvgIpc) is 2.15. The monoisotopic (exact) mass is 169 g/mol. The Morgan fingerprint density at radius 3 is 2.83 bits per heavy atom. The lowest BCUT2D eigenvalue weighted by Gasteiger charge is -2.20.